The average Bonchev–Trinajstić information content (AvgIpc) is 2.96. The van der Waals surface area contributed by atoms with Crippen LogP contribution in [0.5, 0.6) is 0 Å². The molecule has 10 nitrogen and oxygen atoms in total. The summed E-state index contributed by atoms with van der Waals surface area (Å²) in [6.45, 7) is 4.64. The summed E-state index contributed by atoms with van der Waals surface area (Å²) in [5.74, 6) is 1.31. The summed E-state index contributed by atoms with van der Waals surface area (Å²) in [6.07, 6.45) is 17.4. The summed E-state index contributed by atoms with van der Waals surface area (Å²) in [5, 5.41) is 14.7. The standard InChI is InChI=1S/C30H59N7O3S/c1-30(16-9-7-5-4-6-8-10-17-30)18-11-12-19-34-26(38)15-21-35-27(39)24-41-23-22-36-28(40)25(31)14-13-20-37-29(32-2)33-3/h25H,4-24,31H2,1-3H3,(H,34,38)(H,35,39)(H,36,40)(H2,32,33,37). The Labute approximate surface area is 253 Å². The van der Waals surface area contributed by atoms with Gasteiger partial charge in [0.1, 0.15) is 0 Å². The van der Waals surface area contributed by atoms with E-state index in [1.807, 2.05) is 0 Å². The van der Waals surface area contributed by atoms with Crippen molar-refractivity contribution in [3.05, 3.63) is 0 Å². The monoisotopic (exact) mass is 597 g/mol. The van der Waals surface area contributed by atoms with Gasteiger partial charge in [0.25, 0.3) is 0 Å². The zero-order chi connectivity index (χ0) is 30.2. The van der Waals surface area contributed by atoms with E-state index in [0.29, 0.717) is 61.9 Å². The van der Waals surface area contributed by atoms with E-state index < -0.39 is 6.04 Å². The molecular weight excluding hydrogens is 538 g/mol. The first-order chi connectivity index (χ1) is 19.8. The van der Waals surface area contributed by atoms with Crippen molar-refractivity contribution in [1.82, 2.24) is 26.6 Å². The van der Waals surface area contributed by atoms with Gasteiger partial charge in [-0.05, 0) is 43.9 Å². The highest BCUT2D eigenvalue weighted by Gasteiger charge is 2.23. The van der Waals surface area contributed by atoms with Crippen molar-refractivity contribution < 1.29 is 14.4 Å². The van der Waals surface area contributed by atoms with E-state index >= 15 is 0 Å². The Morgan fingerprint density at radius 3 is 2.12 bits per heavy atom. The largest absolute Gasteiger partial charge is 0.359 e. The quantitative estimate of drug-likeness (QED) is 0.0808. The van der Waals surface area contributed by atoms with Gasteiger partial charge in [0.05, 0.1) is 11.8 Å². The zero-order valence-electron chi connectivity index (χ0n) is 26.1. The van der Waals surface area contributed by atoms with Crippen LogP contribution in [0.25, 0.3) is 0 Å². The van der Waals surface area contributed by atoms with Crippen LogP contribution in [0, 0.1) is 5.41 Å². The van der Waals surface area contributed by atoms with Gasteiger partial charge in [0.2, 0.25) is 17.7 Å². The fourth-order valence-electron chi connectivity index (χ4n) is 5.20. The van der Waals surface area contributed by atoms with Crippen LogP contribution in [-0.4, -0.2) is 81.5 Å². The Balaban J connectivity index is 2.01. The Kier molecular flexibility index (Phi) is 21.3. The molecule has 0 saturated heterocycles. The number of amides is 3. The maximum absolute atomic E-state index is 12.1. The molecule has 0 aromatic carbocycles. The van der Waals surface area contributed by atoms with E-state index in [4.69, 9.17) is 5.73 Å². The van der Waals surface area contributed by atoms with Crippen molar-refractivity contribution in [2.24, 2.45) is 16.1 Å². The average molecular weight is 598 g/mol. The number of thioether (sulfide) groups is 1. The molecule has 0 aliphatic heterocycles. The number of nitrogens with two attached hydrogens (primary N) is 1. The Morgan fingerprint density at radius 2 is 1.46 bits per heavy atom. The lowest BCUT2D eigenvalue weighted by Crippen LogP contribution is -2.42. The number of hydrogen-bond acceptors (Lipinski definition) is 6. The fraction of sp³-hybridized carbons (Fsp3) is 0.867. The topological polar surface area (TPSA) is 150 Å². The summed E-state index contributed by atoms with van der Waals surface area (Å²) in [4.78, 5) is 40.3. The second-order valence-electron chi connectivity index (χ2n) is 11.5. The third-order valence-electron chi connectivity index (χ3n) is 7.82. The molecule has 1 atom stereocenters. The lowest BCUT2D eigenvalue weighted by Gasteiger charge is -2.31. The lowest BCUT2D eigenvalue weighted by atomic mass is 9.75. The highest BCUT2D eigenvalue weighted by Crippen LogP contribution is 2.37. The Bertz CT molecular complexity index is 756. The number of guanidine groups is 1. The van der Waals surface area contributed by atoms with Crippen LogP contribution in [0.15, 0.2) is 4.99 Å². The van der Waals surface area contributed by atoms with Gasteiger partial charge < -0.3 is 32.3 Å². The fourth-order valence-corrected chi connectivity index (χ4v) is 5.88. The number of carbonyl (C=O) groups is 3. The third kappa shape index (κ3) is 19.7. The summed E-state index contributed by atoms with van der Waals surface area (Å²) < 4.78 is 0. The molecule has 0 heterocycles. The predicted molar refractivity (Wildman–Crippen MR) is 172 cm³/mol. The lowest BCUT2D eigenvalue weighted by molar-refractivity contribution is -0.123. The van der Waals surface area contributed by atoms with E-state index in [1.54, 1.807) is 14.1 Å². The molecule has 1 unspecified atom stereocenters. The van der Waals surface area contributed by atoms with E-state index in [1.165, 1.54) is 76.0 Å². The van der Waals surface area contributed by atoms with Crippen molar-refractivity contribution in [3.63, 3.8) is 0 Å². The molecule has 41 heavy (non-hydrogen) atoms. The summed E-state index contributed by atoms with van der Waals surface area (Å²) >= 11 is 1.44. The second-order valence-corrected chi connectivity index (χ2v) is 12.6. The molecule has 1 saturated carbocycles. The predicted octanol–water partition coefficient (Wildman–Crippen LogP) is 3.06. The number of hydrogen-bond donors (Lipinski definition) is 6. The Hall–Kier alpha value is -2.01. The van der Waals surface area contributed by atoms with E-state index in [-0.39, 0.29) is 17.7 Å². The summed E-state index contributed by atoms with van der Waals surface area (Å²) in [6, 6.07) is -0.559. The minimum absolute atomic E-state index is 0.0151. The maximum atomic E-state index is 12.1. The number of carbonyl (C=O) groups excluding carboxylic acids is 3. The molecule has 0 bridgehead atoms. The van der Waals surface area contributed by atoms with E-state index in [2.05, 4.69) is 38.5 Å². The van der Waals surface area contributed by atoms with Crippen molar-refractivity contribution in [2.75, 3.05) is 51.8 Å². The second kappa shape index (κ2) is 23.5. The molecule has 0 aromatic rings. The van der Waals surface area contributed by atoms with Crippen LogP contribution >= 0.6 is 11.8 Å². The minimum atomic E-state index is -0.559. The summed E-state index contributed by atoms with van der Waals surface area (Å²) in [5.41, 5.74) is 6.41. The van der Waals surface area contributed by atoms with Crippen molar-refractivity contribution in [3.8, 4) is 0 Å². The molecule has 1 aliphatic carbocycles. The highest BCUT2D eigenvalue weighted by atomic mass is 32.2. The van der Waals surface area contributed by atoms with Gasteiger partial charge in [-0.2, -0.15) is 11.8 Å². The molecule has 3 amide bonds. The summed E-state index contributed by atoms with van der Waals surface area (Å²) in [7, 11) is 3.49. The smallest absolute Gasteiger partial charge is 0.236 e. The molecule has 238 valence electrons. The number of unbranched alkanes of at least 4 members (excludes halogenated alkanes) is 1. The van der Waals surface area contributed by atoms with Crippen molar-refractivity contribution in [2.45, 2.75) is 109 Å². The molecule has 1 aliphatic rings. The zero-order valence-corrected chi connectivity index (χ0v) is 26.9. The van der Waals surface area contributed by atoms with Crippen molar-refractivity contribution in [1.29, 1.82) is 0 Å². The van der Waals surface area contributed by atoms with Crippen molar-refractivity contribution >= 4 is 35.4 Å². The molecule has 7 N–H and O–H groups in total. The number of aliphatic imine (C=N–C) groups is 1. The number of nitrogens with one attached hydrogen (secondary N) is 5. The molecule has 0 spiro atoms. The third-order valence-corrected chi connectivity index (χ3v) is 8.78. The molecular formula is C30H59N7O3S. The van der Waals surface area contributed by atoms with Gasteiger partial charge in [-0.15, -0.1) is 0 Å². The number of rotatable bonds is 18. The van der Waals surface area contributed by atoms with Crippen LogP contribution in [0.4, 0.5) is 0 Å². The van der Waals surface area contributed by atoms with Crippen LogP contribution in [-0.2, 0) is 14.4 Å². The van der Waals surface area contributed by atoms with Gasteiger partial charge in [0.15, 0.2) is 5.96 Å². The Morgan fingerprint density at radius 1 is 0.829 bits per heavy atom. The SMILES string of the molecule is C/N=C(/NC)NCCCC(N)C(=O)NCCSCC(=O)NCCC(=O)NCCCCC1(C)CCCCCCCCC1. The van der Waals surface area contributed by atoms with Crippen LogP contribution in [0.1, 0.15) is 103 Å². The van der Waals surface area contributed by atoms with Crippen LogP contribution in [0.2, 0.25) is 0 Å². The molecule has 1 fully saturated rings. The highest BCUT2D eigenvalue weighted by molar-refractivity contribution is 7.99. The van der Waals surface area contributed by atoms with E-state index in [0.717, 1.165) is 19.3 Å². The molecule has 0 aromatic heterocycles. The van der Waals surface area contributed by atoms with Gasteiger partial charge in [-0.1, -0.05) is 58.3 Å². The van der Waals surface area contributed by atoms with Crippen LogP contribution < -0.4 is 32.3 Å². The first kappa shape index (κ1) is 37.0. The first-order valence-electron chi connectivity index (χ1n) is 15.8. The van der Waals surface area contributed by atoms with Gasteiger partial charge >= 0.3 is 0 Å². The molecule has 1 rings (SSSR count). The van der Waals surface area contributed by atoms with Gasteiger partial charge in [0, 0.05) is 52.4 Å². The number of nitrogens with zero attached hydrogens (tertiary/aromatic N) is 1. The van der Waals surface area contributed by atoms with Gasteiger partial charge in [-0.3, -0.25) is 19.4 Å². The maximum Gasteiger partial charge on any atom is 0.236 e. The minimum Gasteiger partial charge on any atom is -0.359 e. The first-order valence-corrected chi connectivity index (χ1v) is 17.0. The normalized spacial score (nSPS) is 16.7. The van der Waals surface area contributed by atoms with Gasteiger partial charge in [-0.25, -0.2) is 0 Å². The van der Waals surface area contributed by atoms with E-state index in [9.17, 15) is 14.4 Å². The molecule has 11 heteroatoms. The van der Waals surface area contributed by atoms with Crippen LogP contribution in [0.3, 0.4) is 0 Å². The molecule has 0 radical (unpaired) electrons.